The molecule has 0 aliphatic carbocycles. The smallest absolute Gasteiger partial charge is 0.223 e. The Kier molecular flexibility index (Phi) is 4.45. The van der Waals surface area contributed by atoms with Crippen LogP contribution in [0.3, 0.4) is 0 Å². The average Bonchev–Trinajstić information content (AvgIpc) is 2.30. The normalized spacial score (nSPS) is 22.8. The zero-order chi connectivity index (χ0) is 9.30. The molecular formula is C11H23NO. The van der Waals surface area contributed by atoms with E-state index in [0.717, 1.165) is 13.0 Å². The maximum atomic E-state index is 11.5. The molecule has 0 aromatic rings. The molecule has 0 aromatic heterocycles. The highest BCUT2D eigenvalue weighted by Gasteiger charge is 2.32. The lowest BCUT2D eigenvalue weighted by Crippen LogP contribution is -2.32. The van der Waals surface area contributed by atoms with Crippen molar-refractivity contribution in [3.8, 4) is 0 Å². The van der Waals surface area contributed by atoms with Crippen molar-refractivity contribution in [1.82, 2.24) is 4.90 Å². The predicted molar refractivity (Wildman–Crippen MR) is 56.5 cm³/mol. The fourth-order valence-corrected chi connectivity index (χ4v) is 1.71. The van der Waals surface area contributed by atoms with Gasteiger partial charge in [0.1, 0.15) is 0 Å². The zero-order valence-corrected chi connectivity index (χ0v) is 8.50. The van der Waals surface area contributed by atoms with Gasteiger partial charge in [-0.05, 0) is 25.7 Å². The number of hydrogen-bond donors (Lipinski definition) is 0. The van der Waals surface area contributed by atoms with Gasteiger partial charge in [0.15, 0.2) is 0 Å². The number of hydrogen-bond acceptors (Lipinski definition) is 1. The van der Waals surface area contributed by atoms with Gasteiger partial charge in [-0.25, -0.2) is 0 Å². The summed E-state index contributed by atoms with van der Waals surface area (Å²) in [7, 11) is 0. The molecule has 0 spiro atoms. The number of carbonyl (C=O) groups excluding carboxylic acids is 1. The summed E-state index contributed by atoms with van der Waals surface area (Å²) < 4.78 is 0. The second kappa shape index (κ2) is 4.64. The van der Waals surface area contributed by atoms with Gasteiger partial charge >= 0.3 is 0 Å². The van der Waals surface area contributed by atoms with Gasteiger partial charge in [0.05, 0.1) is 0 Å². The minimum atomic E-state index is 0. The lowest BCUT2D eigenvalue weighted by Gasteiger charge is -2.21. The molecule has 1 heterocycles. The molecule has 1 atom stereocenters. The van der Waals surface area contributed by atoms with E-state index in [9.17, 15) is 4.79 Å². The van der Waals surface area contributed by atoms with Crippen molar-refractivity contribution in [2.24, 2.45) is 11.8 Å². The minimum Gasteiger partial charge on any atom is -0.340 e. The monoisotopic (exact) mass is 185 g/mol. The Balaban J connectivity index is 0.00000144. The van der Waals surface area contributed by atoms with E-state index in [1.54, 1.807) is 0 Å². The van der Waals surface area contributed by atoms with Crippen molar-refractivity contribution in [1.29, 1.82) is 0 Å². The summed E-state index contributed by atoms with van der Waals surface area (Å²) in [6, 6.07) is 0.376. The molecule has 1 fully saturated rings. The van der Waals surface area contributed by atoms with Crippen LogP contribution in [0.15, 0.2) is 0 Å². The molecule has 0 bridgehead atoms. The molecule has 1 aliphatic heterocycles. The van der Waals surface area contributed by atoms with Crippen LogP contribution in [0.4, 0.5) is 0 Å². The molecule has 13 heavy (non-hydrogen) atoms. The van der Waals surface area contributed by atoms with Crippen molar-refractivity contribution in [2.45, 2.75) is 47.6 Å². The molecule has 1 saturated heterocycles. The molecule has 1 aliphatic rings. The van der Waals surface area contributed by atoms with E-state index < -0.39 is 0 Å². The van der Waals surface area contributed by atoms with Crippen LogP contribution in [0, 0.1) is 11.8 Å². The van der Waals surface area contributed by atoms with Gasteiger partial charge in [-0.15, -0.1) is 0 Å². The molecule has 0 saturated carbocycles. The van der Waals surface area contributed by atoms with E-state index in [0.29, 0.717) is 23.8 Å². The number of likely N-dealkylation sites (tertiary alicyclic amines) is 1. The van der Waals surface area contributed by atoms with Crippen LogP contribution >= 0.6 is 0 Å². The summed E-state index contributed by atoms with van der Waals surface area (Å²) in [6.07, 6.45) is 0.760. The molecular weight excluding hydrogens is 162 g/mol. The Labute approximate surface area is 82.3 Å². The molecule has 2 heteroatoms. The molecule has 2 nitrogen and oxygen atoms in total. The van der Waals surface area contributed by atoms with Crippen LogP contribution in [-0.4, -0.2) is 23.4 Å². The third-order valence-electron chi connectivity index (χ3n) is 2.75. The van der Waals surface area contributed by atoms with Gasteiger partial charge in [-0.1, -0.05) is 21.3 Å². The summed E-state index contributed by atoms with van der Waals surface area (Å²) >= 11 is 0. The third kappa shape index (κ3) is 2.71. The predicted octanol–water partition coefficient (Wildman–Crippen LogP) is 2.54. The lowest BCUT2D eigenvalue weighted by molar-refractivity contribution is -0.129. The Hall–Kier alpha value is -0.530. The summed E-state index contributed by atoms with van der Waals surface area (Å²) in [5.41, 5.74) is 0. The van der Waals surface area contributed by atoms with E-state index in [-0.39, 0.29) is 7.43 Å². The molecule has 0 aromatic carbocycles. The van der Waals surface area contributed by atoms with Crippen LogP contribution in [0.25, 0.3) is 0 Å². The van der Waals surface area contributed by atoms with Gasteiger partial charge in [0.2, 0.25) is 5.91 Å². The minimum absolute atomic E-state index is 0. The van der Waals surface area contributed by atoms with E-state index in [2.05, 4.69) is 27.7 Å². The third-order valence-corrected chi connectivity index (χ3v) is 2.75. The van der Waals surface area contributed by atoms with Gasteiger partial charge in [-0.3, -0.25) is 4.79 Å². The average molecular weight is 185 g/mol. The first-order chi connectivity index (χ1) is 5.52. The maximum absolute atomic E-state index is 11.5. The lowest BCUT2D eigenvalue weighted by atomic mass is 9.95. The summed E-state index contributed by atoms with van der Waals surface area (Å²) in [5.74, 6) is 1.56. The summed E-state index contributed by atoms with van der Waals surface area (Å²) in [5, 5.41) is 0. The van der Waals surface area contributed by atoms with Crippen molar-refractivity contribution >= 4 is 5.91 Å². The van der Waals surface area contributed by atoms with Crippen LogP contribution in [-0.2, 0) is 4.79 Å². The van der Waals surface area contributed by atoms with Gasteiger partial charge in [0, 0.05) is 19.0 Å². The molecule has 0 N–H and O–H groups in total. The summed E-state index contributed by atoms with van der Waals surface area (Å²) in [4.78, 5) is 13.4. The Morgan fingerprint density at radius 3 is 2.08 bits per heavy atom. The van der Waals surface area contributed by atoms with Gasteiger partial charge in [-0.2, -0.15) is 0 Å². The maximum Gasteiger partial charge on any atom is 0.223 e. The highest BCUT2D eigenvalue weighted by atomic mass is 16.2. The fraction of sp³-hybridized carbons (Fsp3) is 0.909. The Morgan fingerprint density at radius 2 is 1.85 bits per heavy atom. The standard InChI is InChI=1S/C10H19NO.CH4/c1-7(2)9-5-10(12)11(6-9)8(3)4;/h7-9H,5-6H2,1-4H3;1H4. The van der Waals surface area contributed by atoms with Gasteiger partial charge in [0.25, 0.3) is 0 Å². The molecule has 1 unspecified atom stereocenters. The fourth-order valence-electron chi connectivity index (χ4n) is 1.71. The zero-order valence-electron chi connectivity index (χ0n) is 8.50. The van der Waals surface area contributed by atoms with Crippen LogP contribution in [0.1, 0.15) is 41.5 Å². The van der Waals surface area contributed by atoms with E-state index in [1.807, 2.05) is 4.90 Å². The topological polar surface area (TPSA) is 20.3 Å². The molecule has 78 valence electrons. The number of nitrogens with zero attached hydrogens (tertiary/aromatic N) is 1. The Bertz CT molecular complexity index is 175. The van der Waals surface area contributed by atoms with Crippen molar-refractivity contribution < 1.29 is 4.79 Å². The number of amides is 1. The first kappa shape index (κ1) is 12.5. The second-order valence-electron chi connectivity index (χ2n) is 4.35. The quantitative estimate of drug-likeness (QED) is 0.647. The van der Waals surface area contributed by atoms with Crippen LogP contribution < -0.4 is 0 Å². The highest BCUT2D eigenvalue weighted by molar-refractivity contribution is 5.78. The first-order valence-electron chi connectivity index (χ1n) is 4.81. The van der Waals surface area contributed by atoms with Crippen molar-refractivity contribution in [3.63, 3.8) is 0 Å². The van der Waals surface area contributed by atoms with Gasteiger partial charge < -0.3 is 4.90 Å². The summed E-state index contributed by atoms with van der Waals surface area (Å²) in [6.45, 7) is 9.53. The number of rotatable bonds is 2. The SMILES string of the molecule is C.CC(C)C1CC(=O)N(C(C)C)C1. The second-order valence-corrected chi connectivity index (χ2v) is 4.35. The number of carbonyl (C=O) groups is 1. The van der Waals surface area contributed by atoms with E-state index >= 15 is 0 Å². The van der Waals surface area contributed by atoms with Crippen LogP contribution in [0.5, 0.6) is 0 Å². The van der Waals surface area contributed by atoms with E-state index in [4.69, 9.17) is 0 Å². The van der Waals surface area contributed by atoms with E-state index in [1.165, 1.54) is 0 Å². The molecule has 0 radical (unpaired) electrons. The van der Waals surface area contributed by atoms with Crippen LogP contribution in [0.2, 0.25) is 0 Å². The largest absolute Gasteiger partial charge is 0.340 e. The van der Waals surface area contributed by atoms with Crippen molar-refractivity contribution in [2.75, 3.05) is 6.54 Å². The molecule has 1 rings (SSSR count). The first-order valence-corrected chi connectivity index (χ1v) is 4.81. The molecule has 1 amide bonds. The highest BCUT2D eigenvalue weighted by Crippen LogP contribution is 2.25. The Morgan fingerprint density at radius 1 is 1.31 bits per heavy atom. The van der Waals surface area contributed by atoms with Crippen molar-refractivity contribution in [3.05, 3.63) is 0 Å².